The summed E-state index contributed by atoms with van der Waals surface area (Å²) in [5, 5.41) is 7.42. The van der Waals surface area contributed by atoms with Gasteiger partial charge in [0, 0.05) is 17.0 Å². The number of carbonyl (C=O) groups excluding carboxylic acids is 1. The van der Waals surface area contributed by atoms with Crippen LogP contribution < -0.4 is 5.69 Å². The summed E-state index contributed by atoms with van der Waals surface area (Å²) in [6.45, 7) is 4.07. The highest BCUT2D eigenvalue weighted by atomic mass is 35.5. The first-order valence-corrected chi connectivity index (χ1v) is 7.36. The molecule has 20 heavy (non-hydrogen) atoms. The lowest BCUT2D eigenvalue weighted by Gasteiger charge is -2.05. The van der Waals surface area contributed by atoms with Gasteiger partial charge in [-0.15, -0.1) is 5.10 Å². The average molecular weight is 312 g/mol. The van der Waals surface area contributed by atoms with Gasteiger partial charge in [0.2, 0.25) is 0 Å². The molecule has 0 fully saturated rings. The zero-order valence-electron chi connectivity index (χ0n) is 11.1. The number of carbonyl (C=O) groups is 1. The van der Waals surface area contributed by atoms with Crippen molar-refractivity contribution in [2.45, 2.75) is 36.9 Å². The molecule has 2 rings (SSSR count). The Kier molecular flexibility index (Phi) is 4.67. The molecular weight excluding hydrogens is 298 g/mol. The number of benzene rings is 1. The van der Waals surface area contributed by atoms with E-state index in [4.69, 9.17) is 11.6 Å². The van der Waals surface area contributed by atoms with E-state index in [1.54, 1.807) is 22.8 Å². The van der Waals surface area contributed by atoms with E-state index in [9.17, 15) is 9.59 Å². The van der Waals surface area contributed by atoms with Gasteiger partial charge in [-0.25, -0.2) is 9.89 Å². The number of H-pyrrole nitrogens is 1. The van der Waals surface area contributed by atoms with Crippen molar-refractivity contribution in [3.8, 4) is 0 Å². The van der Waals surface area contributed by atoms with E-state index in [2.05, 4.69) is 10.2 Å². The summed E-state index contributed by atoms with van der Waals surface area (Å²) in [4.78, 5) is 23.7. The third-order valence-electron chi connectivity index (χ3n) is 2.70. The Morgan fingerprint density at radius 3 is 2.85 bits per heavy atom. The predicted octanol–water partition coefficient (Wildman–Crippen LogP) is 2.99. The van der Waals surface area contributed by atoms with Gasteiger partial charge in [0.05, 0.1) is 5.02 Å². The molecule has 0 atom stereocenters. The van der Waals surface area contributed by atoms with E-state index in [0.29, 0.717) is 22.3 Å². The Labute approximate surface area is 125 Å². The molecule has 0 aliphatic heterocycles. The Bertz CT molecular complexity index is 693. The molecule has 7 heteroatoms. The van der Waals surface area contributed by atoms with Crippen LogP contribution in [-0.4, -0.2) is 20.5 Å². The smallest absolute Gasteiger partial charge is 0.294 e. The number of halogens is 1. The second-order valence-corrected chi connectivity index (χ2v) is 5.71. The van der Waals surface area contributed by atoms with Crippen molar-refractivity contribution in [3.63, 3.8) is 0 Å². The van der Waals surface area contributed by atoms with Crippen LogP contribution in [0, 0.1) is 0 Å². The number of rotatable bonds is 5. The number of aromatic amines is 1. The molecule has 0 saturated heterocycles. The number of hydrogen-bond donors (Lipinski definition) is 1. The van der Waals surface area contributed by atoms with E-state index in [-0.39, 0.29) is 11.5 Å². The Morgan fingerprint density at radius 2 is 2.25 bits per heavy atom. The molecule has 0 aliphatic carbocycles. The van der Waals surface area contributed by atoms with Gasteiger partial charge in [0.15, 0.2) is 10.9 Å². The number of nitrogens with one attached hydrogen (secondary N) is 1. The molecule has 1 aromatic carbocycles. The fourth-order valence-electron chi connectivity index (χ4n) is 1.75. The van der Waals surface area contributed by atoms with E-state index in [1.165, 1.54) is 18.7 Å². The zero-order chi connectivity index (χ0) is 14.7. The molecule has 2 aromatic rings. The van der Waals surface area contributed by atoms with E-state index in [0.717, 1.165) is 11.3 Å². The second-order valence-electron chi connectivity index (χ2n) is 4.26. The predicted molar refractivity (Wildman–Crippen MR) is 78.7 cm³/mol. The van der Waals surface area contributed by atoms with Crippen LogP contribution in [0.1, 0.15) is 30.6 Å². The van der Waals surface area contributed by atoms with Gasteiger partial charge in [0.1, 0.15) is 0 Å². The molecule has 0 saturated carbocycles. The lowest BCUT2D eigenvalue weighted by molar-refractivity contribution is 0.101. The number of ketones is 1. The van der Waals surface area contributed by atoms with Crippen LogP contribution in [0.3, 0.4) is 0 Å². The molecular formula is C13H14ClN3O2S. The van der Waals surface area contributed by atoms with Gasteiger partial charge in [-0.05, 0) is 43.3 Å². The second kappa shape index (κ2) is 6.28. The number of nitrogens with zero attached hydrogens (tertiary/aromatic N) is 2. The molecule has 106 valence electrons. The minimum Gasteiger partial charge on any atom is -0.294 e. The van der Waals surface area contributed by atoms with Crippen LogP contribution in [0.5, 0.6) is 0 Å². The third kappa shape index (κ3) is 3.13. The lowest BCUT2D eigenvalue weighted by atomic mass is 10.1. The lowest BCUT2D eigenvalue weighted by Crippen LogP contribution is -2.17. The first kappa shape index (κ1) is 14.9. The number of hydrogen-bond acceptors (Lipinski definition) is 4. The summed E-state index contributed by atoms with van der Waals surface area (Å²) in [5.74, 6) is -0.0748. The van der Waals surface area contributed by atoms with E-state index in [1.807, 2.05) is 6.92 Å². The van der Waals surface area contributed by atoms with Crippen molar-refractivity contribution < 1.29 is 4.79 Å². The Hall–Kier alpha value is -1.53. The van der Waals surface area contributed by atoms with Crippen molar-refractivity contribution in [3.05, 3.63) is 39.3 Å². The maximum Gasteiger partial charge on any atom is 0.343 e. The molecule has 0 spiro atoms. The number of Topliss-reactive ketones (excluding diaryl/α,β-unsaturated/α-hetero) is 1. The van der Waals surface area contributed by atoms with E-state index < -0.39 is 0 Å². The SMILES string of the molecule is CCCn1c(Sc2ccc(C(C)=O)c(Cl)c2)n[nH]c1=O. The average Bonchev–Trinajstić information content (AvgIpc) is 2.72. The molecule has 1 heterocycles. The first-order chi connectivity index (χ1) is 9.52. The standard InChI is InChI=1S/C13H14ClN3O2S/c1-3-6-17-12(19)15-16-13(17)20-9-4-5-10(8(2)18)11(14)7-9/h4-5,7H,3,6H2,1-2H3,(H,15,19). The highest BCUT2D eigenvalue weighted by molar-refractivity contribution is 7.99. The van der Waals surface area contributed by atoms with Crippen LogP contribution in [0.4, 0.5) is 0 Å². The summed E-state index contributed by atoms with van der Waals surface area (Å²) in [6.07, 6.45) is 0.844. The Balaban J connectivity index is 2.29. The van der Waals surface area contributed by atoms with Crippen molar-refractivity contribution in [1.29, 1.82) is 0 Å². The van der Waals surface area contributed by atoms with Crippen molar-refractivity contribution in [2.75, 3.05) is 0 Å². The highest BCUT2D eigenvalue weighted by Gasteiger charge is 2.11. The molecule has 0 aliphatic rings. The maximum absolute atomic E-state index is 11.6. The van der Waals surface area contributed by atoms with Gasteiger partial charge in [-0.2, -0.15) is 0 Å². The van der Waals surface area contributed by atoms with Gasteiger partial charge >= 0.3 is 5.69 Å². The molecule has 1 aromatic heterocycles. The number of aromatic nitrogens is 3. The Morgan fingerprint density at radius 1 is 1.50 bits per heavy atom. The molecule has 0 unspecified atom stereocenters. The van der Waals surface area contributed by atoms with Gasteiger partial charge < -0.3 is 0 Å². The van der Waals surface area contributed by atoms with Gasteiger partial charge in [0.25, 0.3) is 0 Å². The monoisotopic (exact) mass is 311 g/mol. The topological polar surface area (TPSA) is 67.8 Å². The minimum absolute atomic E-state index is 0.0748. The van der Waals surface area contributed by atoms with Gasteiger partial charge in [-0.3, -0.25) is 9.36 Å². The van der Waals surface area contributed by atoms with Crippen molar-refractivity contribution in [1.82, 2.24) is 14.8 Å². The summed E-state index contributed by atoms with van der Waals surface area (Å²) in [5.41, 5.74) is 0.268. The van der Waals surface area contributed by atoms with Crippen LogP contribution in [0.25, 0.3) is 0 Å². The highest BCUT2D eigenvalue weighted by Crippen LogP contribution is 2.29. The quantitative estimate of drug-likeness (QED) is 0.862. The minimum atomic E-state index is -0.221. The van der Waals surface area contributed by atoms with Crippen molar-refractivity contribution >= 4 is 29.1 Å². The largest absolute Gasteiger partial charge is 0.343 e. The molecule has 0 amide bonds. The van der Waals surface area contributed by atoms with Crippen LogP contribution in [0.15, 0.2) is 33.0 Å². The summed E-state index contributed by atoms with van der Waals surface area (Å²) in [7, 11) is 0. The molecule has 0 radical (unpaired) electrons. The fourth-order valence-corrected chi connectivity index (χ4v) is 3.03. The summed E-state index contributed by atoms with van der Waals surface area (Å²) < 4.78 is 1.58. The maximum atomic E-state index is 11.6. The van der Waals surface area contributed by atoms with Crippen LogP contribution in [0.2, 0.25) is 5.02 Å². The van der Waals surface area contributed by atoms with Crippen LogP contribution in [-0.2, 0) is 6.54 Å². The van der Waals surface area contributed by atoms with Crippen molar-refractivity contribution in [2.24, 2.45) is 0 Å². The van der Waals surface area contributed by atoms with E-state index >= 15 is 0 Å². The zero-order valence-corrected chi connectivity index (χ0v) is 12.7. The fraction of sp³-hybridized carbons (Fsp3) is 0.308. The van der Waals surface area contributed by atoms with Gasteiger partial charge in [-0.1, -0.05) is 18.5 Å². The molecule has 5 nitrogen and oxygen atoms in total. The summed E-state index contributed by atoms with van der Waals surface area (Å²) in [6, 6.07) is 5.18. The normalized spacial score (nSPS) is 10.8. The molecule has 0 bridgehead atoms. The molecule has 1 N–H and O–H groups in total. The third-order valence-corrected chi connectivity index (χ3v) is 4.00. The summed E-state index contributed by atoms with van der Waals surface area (Å²) >= 11 is 7.40. The first-order valence-electron chi connectivity index (χ1n) is 6.16. The van der Waals surface area contributed by atoms with Crippen LogP contribution >= 0.6 is 23.4 Å².